The van der Waals surface area contributed by atoms with Gasteiger partial charge in [-0.15, -0.1) is 0 Å². The molecule has 0 unspecified atom stereocenters. The number of methoxy groups -OCH3 is 1. The molecule has 0 aliphatic carbocycles. The number of carbonyl (C=O) groups excluding carboxylic acids is 1. The average molecular weight is 391 g/mol. The SMILES string of the molecule is CCCCN(C(=O)c1ccc(OC)c(OCC)c1)C1CC(C)(C)NC(C)(C)C1. The highest BCUT2D eigenvalue weighted by Crippen LogP contribution is 2.34. The Morgan fingerprint density at radius 1 is 1.14 bits per heavy atom. The number of nitrogens with one attached hydrogen (secondary N) is 1. The third-order valence-corrected chi connectivity index (χ3v) is 5.33. The second-order valence-corrected chi connectivity index (χ2v) is 9.11. The normalized spacial score (nSPS) is 18.5. The molecule has 0 saturated carbocycles. The summed E-state index contributed by atoms with van der Waals surface area (Å²) in [6.45, 7) is 14.3. The van der Waals surface area contributed by atoms with E-state index in [9.17, 15) is 4.79 Å². The largest absolute Gasteiger partial charge is 0.493 e. The second-order valence-electron chi connectivity index (χ2n) is 9.11. The average Bonchev–Trinajstić information content (AvgIpc) is 2.59. The number of hydrogen-bond donors (Lipinski definition) is 1. The molecule has 28 heavy (non-hydrogen) atoms. The minimum atomic E-state index is -0.00640. The zero-order chi connectivity index (χ0) is 20.9. The van der Waals surface area contributed by atoms with Gasteiger partial charge in [-0.2, -0.15) is 0 Å². The Balaban J connectivity index is 2.34. The first kappa shape index (κ1) is 22.5. The first-order chi connectivity index (χ1) is 13.1. The zero-order valence-electron chi connectivity index (χ0n) is 18.7. The molecular formula is C23H38N2O3. The Morgan fingerprint density at radius 2 is 1.79 bits per heavy atom. The summed E-state index contributed by atoms with van der Waals surface area (Å²) in [5.41, 5.74) is 0.649. The van der Waals surface area contributed by atoms with Crippen molar-refractivity contribution < 1.29 is 14.3 Å². The maximum absolute atomic E-state index is 13.5. The third-order valence-electron chi connectivity index (χ3n) is 5.33. The highest BCUT2D eigenvalue weighted by molar-refractivity contribution is 5.95. The van der Waals surface area contributed by atoms with Gasteiger partial charge in [0.2, 0.25) is 0 Å². The number of hydrogen-bond acceptors (Lipinski definition) is 4. The van der Waals surface area contributed by atoms with Crippen molar-refractivity contribution in [2.75, 3.05) is 20.3 Å². The third kappa shape index (κ3) is 5.63. The molecule has 2 rings (SSSR count). The van der Waals surface area contributed by atoms with E-state index in [0.29, 0.717) is 23.7 Å². The van der Waals surface area contributed by atoms with E-state index in [-0.39, 0.29) is 23.0 Å². The van der Waals surface area contributed by atoms with Gasteiger partial charge in [-0.3, -0.25) is 4.79 Å². The van der Waals surface area contributed by atoms with Crippen LogP contribution >= 0.6 is 0 Å². The van der Waals surface area contributed by atoms with Gasteiger partial charge in [0, 0.05) is 29.2 Å². The topological polar surface area (TPSA) is 50.8 Å². The number of carbonyl (C=O) groups is 1. The van der Waals surface area contributed by atoms with Crippen molar-refractivity contribution in [1.82, 2.24) is 10.2 Å². The Morgan fingerprint density at radius 3 is 2.32 bits per heavy atom. The quantitative estimate of drug-likeness (QED) is 0.702. The minimum absolute atomic E-state index is 0.00640. The molecule has 1 saturated heterocycles. The maximum Gasteiger partial charge on any atom is 0.254 e. The van der Waals surface area contributed by atoms with E-state index in [1.54, 1.807) is 7.11 Å². The van der Waals surface area contributed by atoms with Gasteiger partial charge in [0.25, 0.3) is 5.91 Å². The van der Waals surface area contributed by atoms with Crippen molar-refractivity contribution in [3.63, 3.8) is 0 Å². The predicted molar refractivity (Wildman–Crippen MR) is 114 cm³/mol. The van der Waals surface area contributed by atoms with Crippen molar-refractivity contribution in [3.8, 4) is 11.5 Å². The highest BCUT2D eigenvalue weighted by atomic mass is 16.5. The summed E-state index contributed by atoms with van der Waals surface area (Å²) in [5.74, 6) is 1.36. The molecule has 1 aromatic carbocycles. The standard InChI is InChI=1S/C23H38N2O3/c1-8-10-13-25(18-15-22(3,4)24-23(5,6)16-18)21(26)17-11-12-19(27-7)20(14-17)28-9-2/h11-12,14,18,24H,8-10,13,15-16H2,1-7H3. The van der Waals surface area contributed by atoms with Crippen LogP contribution in [0.15, 0.2) is 18.2 Å². The van der Waals surface area contributed by atoms with Gasteiger partial charge < -0.3 is 19.7 Å². The first-order valence-electron chi connectivity index (χ1n) is 10.5. The van der Waals surface area contributed by atoms with Crippen LogP contribution in [0.3, 0.4) is 0 Å². The number of rotatable bonds is 8. The summed E-state index contributed by atoms with van der Waals surface area (Å²) in [6, 6.07) is 5.70. The summed E-state index contributed by atoms with van der Waals surface area (Å²) in [5, 5.41) is 3.72. The molecule has 158 valence electrons. The predicted octanol–water partition coefficient (Wildman–Crippen LogP) is 4.65. The molecule has 0 aromatic heterocycles. The summed E-state index contributed by atoms with van der Waals surface area (Å²) in [4.78, 5) is 15.6. The van der Waals surface area contributed by atoms with Crippen LogP contribution in [-0.2, 0) is 0 Å². The molecule has 5 heteroatoms. The Labute approximate surface area is 170 Å². The first-order valence-corrected chi connectivity index (χ1v) is 10.5. The Hall–Kier alpha value is -1.75. The van der Waals surface area contributed by atoms with Crippen molar-refractivity contribution in [3.05, 3.63) is 23.8 Å². The summed E-state index contributed by atoms with van der Waals surface area (Å²) in [6.07, 6.45) is 3.96. The van der Waals surface area contributed by atoms with Crippen LogP contribution in [0.25, 0.3) is 0 Å². The van der Waals surface area contributed by atoms with Crippen LogP contribution in [0.1, 0.15) is 77.6 Å². The van der Waals surface area contributed by atoms with Crippen LogP contribution in [0.4, 0.5) is 0 Å². The highest BCUT2D eigenvalue weighted by Gasteiger charge is 2.41. The lowest BCUT2D eigenvalue weighted by atomic mass is 9.78. The zero-order valence-corrected chi connectivity index (χ0v) is 18.7. The van der Waals surface area contributed by atoms with Gasteiger partial charge in [-0.05, 0) is 72.1 Å². The number of benzene rings is 1. The van der Waals surface area contributed by atoms with Gasteiger partial charge in [-0.25, -0.2) is 0 Å². The van der Waals surface area contributed by atoms with Gasteiger partial charge in [-0.1, -0.05) is 13.3 Å². The van der Waals surface area contributed by atoms with Crippen LogP contribution in [0.2, 0.25) is 0 Å². The van der Waals surface area contributed by atoms with Crippen LogP contribution in [0.5, 0.6) is 11.5 Å². The number of amides is 1. The van der Waals surface area contributed by atoms with Crippen LogP contribution < -0.4 is 14.8 Å². The van der Waals surface area contributed by atoms with E-state index in [2.05, 4.69) is 44.8 Å². The molecule has 0 bridgehead atoms. The lowest BCUT2D eigenvalue weighted by Gasteiger charge is -2.49. The fraction of sp³-hybridized carbons (Fsp3) is 0.696. The van der Waals surface area contributed by atoms with E-state index < -0.39 is 0 Å². The smallest absolute Gasteiger partial charge is 0.254 e. The van der Waals surface area contributed by atoms with Gasteiger partial charge in [0.15, 0.2) is 11.5 Å². The lowest BCUT2D eigenvalue weighted by Crippen LogP contribution is -2.62. The van der Waals surface area contributed by atoms with E-state index in [0.717, 1.165) is 32.2 Å². The number of nitrogens with zero attached hydrogens (tertiary/aromatic N) is 1. The molecule has 1 heterocycles. The Kier molecular flexibility index (Phi) is 7.38. The summed E-state index contributed by atoms with van der Waals surface area (Å²) >= 11 is 0. The Bertz CT molecular complexity index is 654. The molecule has 1 aromatic rings. The van der Waals surface area contributed by atoms with Gasteiger partial charge in [0.1, 0.15) is 0 Å². The summed E-state index contributed by atoms with van der Waals surface area (Å²) in [7, 11) is 1.62. The van der Waals surface area contributed by atoms with Crippen molar-refractivity contribution in [2.45, 2.75) is 84.3 Å². The van der Waals surface area contributed by atoms with Crippen molar-refractivity contribution in [1.29, 1.82) is 0 Å². The molecular weight excluding hydrogens is 352 g/mol. The molecule has 1 amide bonds. The second kappa shape index (κ2) is 9.17. The van der Waals surface area contributed by atoms with E-state index in [4.69, 9.17) is 9.47 Å². The van der Waals surface area contributed by atoms with Gasteiger partial charge in [0.05, 0.1) is 13.7 Å². The molecule has 1 N–H and O–H groups in total. The number of unbranched alkanes of at least 4 members (excludes halogenated alkanes) is 1. The van der Waals surface area contributed by atoms with E-state index in [1.165, 1.54) is 0 Å². The van der Waals surface area contributed by atoms with E-state index >= 15 is 0 Å². The van der Waals surface area contributed by atoms with Crippen LogP contribution in [0, 0.1) is 0 Å². The summed E-state index contributed by atoms with van der Waals surface area (Å²) < 4.78 is 11.1. The van der Waals surface area contributed by atoms with Crippen molar-refractivity contribution in [2.24, 2.45) is 0 Å². The van der Waals surface area contributed by atoms with Gasteiger partial charge >= 0.3 is 0 Å². The number of ether oxygens (including phenoxy) is 2. The fourth-order valence-electron chi connectivity index (χ4n) is 4.51. The fourth-order valence-corrected chi connectivity index (χ4v) is 4.51. The van der Waals surface area contributed by atoms with Crippen LogP contribution in [-0.4, -0.2) is 48.2 Å². The molecule has 1 aliphatic rings. The molecule has 1 fully saturated rings. The number of piperidine rings is 1. The van der Waals surface area contributed by atoms with Crippen molar-refractivity contribution >= 4 is 5.91 Å². The molecule has 0 radical (unpaired) electrons. The monoisotopic (exact) mass is 390 g/mol. The molecule has 1 aliphatic heterocycles. The molecule has 0 spiro atoms. The lowest BCUT2D eigenvalue weighted by molar-refractivity contribution is 0.0441. The molecule has 5 nitrogen and oxygen atoms in total. The molecule has 0 atom stereocenters. The maximum atomic E-state index is 13.5. The van der Waals surface area contributed by atoms with E-state index in [1.807, 2.05) is 25.1 Å². The minimum Gasteiger partial charge on any atom is -0.493 e.